The van der Waals surface area contributed by atoms with Crippen molar-refractivity contribution in [2.45, 2.75) is 11.8 Å². The van der Waals surface area contributed by atoms with Gasteiger partial charge in [0.15, 0.2) is 23.3 Å². The third-order valence-corrected chi connectivity index (χ3v) is 3.78. The molecule has 118 valence electrons. The van der Waals surface area contributed by atoms with E-state index in [2.05, 4.69) is 0 Å². The lowest BCUT2D eigenvalue weighted by Crippen LogP contribution is -2.08. The molecule has 0 amide bonds. The van der Waals surface area contributed by atoms with E-state index in [-0.39, 0.29) is 5.56 Å². The third-order valence-electron chi connectivity index (χ3n) is 2.88. The highest BCUT2D eigenvalue weighted by Gasteiger charge is 2.28. The molecule has 0 spiro atoms. The molecule has 22 heavy (non-hydrogen) atoms. The smallest absolute Gasteiger partial charge is 0.200 e. The molecule has 0 saturated carbocycles. The van der Waals surface area contributed by atoms with Gasteiger partial charge < -0.3 is 4.55 Å². The van der Waals surface area contributed by atoms with Crippen LogP contribution in [-0.4, -0.2) is 13.0 Å². The highest BCUT2D eigenvalue weighted by Crippen LogP contribution is 2.35. The Morgan fingerprint density at radius 3 is 1.77 bits per heavy atom. The summed E-state index contributed by atoms with van der Waals surface area (Å²) in [5.41, 5.74) is -2.09. The molecule has 0 unspecified atom stereocenters. The predicted octanol–water partition coefficient (Wildman–Crippen LogP) is 3.26. The van der Waals surface area contributed by atoms with Gasteiger partial charge in [0.1, 0.15) is 10.1 Å². The van der Waals surface area contributed by atoms with E-state index in [0.29, 0.717) is 0 Å². The molecule has 0 aromatic heterocycles. The summed E-state index contributed by atoms with van der Waals surface area (Å²) in [6, 6.07) is 2.74. The van der Waals surface area contributed by atoms with Gasteiger partial charge >= 0.3 is 0 Å². The molecule has 0 saturated heterocycles. The quantitative estimate of drug-likeness (QED) is 0.366. The van der Waals surface area contributed by atoms with Crippen molar-refractivity contribution in [3.8, 4) is 11.1 Å². The first-order valence-corrected chi connectivity index (χ1v) is 7.05. The van der Waals surface area contributed by atoms with Crippen molar-refractivity contribution in [3.63, 3.8) is 0 Å². The fraction of sp³-hybridized carbons (Fsp3) is 0.0769. The lowest BCUT2D eigenvalue weighted by molar-refractivity contribution is 0.381. The van der Waals surface area contributed by atoms with Crippen LogP contribution in [0, 0.1) is 36.0 Å². The average Bonchev–Trinajstić information content (AvgIpc) is 2.42. The molecule has 0 aliphatic rings. The van der Waals surface area contributed by atoms with Gasteiger partial charge in [-0.2, -0.15) is 0 Å². The Hall–Kier alpha value is -2.00. The number of hydrogen-bond donors (Lipinski definition) is 0. The Bertz CT molecular complexity index is 849. The molecule has 2 rings (SSSR count). The monoisotopic (exact) mass is 337 g/mol. The van der Waals surface area contributed by atoms with Crippen molar-refractivity contribution in [1.29, 1.82) is 0 Å². The molecule has 3 nitrogen and oxygen atoms in total. The first kappa shape index (κ1) is 16.4. The second kappa shape index (κ2) is 5.33. The van der Waals surface area contributed by atoms with E-state index in [9.17, 15) is 34.9 Å². The fourth-order valence-corrected chi connectivity index (χ4v) is 2.56. The van der Waals surface area contributed by atoms with Crippen molar-refractivity contribution in [2.24, 2.45) is 0 Å². The number of rotatable bonds is 2. The zero-order chi connectivity index (χ0) is 16.8. The van der Waals surface area contributed by atoms with Gasteiger partial charge in [0.2, 0.25) is 5.82 Å². The van der Waals surface area contributed by atoms with Gasteiger partial charge in [-0.05, 0) is 19.1 Å². The summed E-state index contributed by atoms with van der Waals surface area (Å²) in [6.07, 6.45) is 0. The van der Waals surface area contributed by atoms with E-state index in [4.69, 9.17) is 0 Å². The van der Waals surface area contributed by atoms with Crippen LogP contribution in [0.15, 0.2) is 23.1 Å². The lowest BCUT2D eigenvalue weighted by atomic mass is 10.0. The summed E-state index contributed by atoms with van der Waals surface area (Å²) in [4.78, 5) is -1.08. The molecular formula is C13H6F5O3S-. The van der Waals surface area contributed by atoms with Gasteiger partial charge in [-0.3, -0.25) is 0 Å². The molecule has 0 atom stereocenters. The summed E-state index contributed by atoms with van der Waals surface area (Å²) in [6.45, 7) is 1.39. The summed E-state index contributed by atoms with van der Waals surface area (Å²) < 4.78 is 100. The van der Waals surface area contributed by atoms with Crippen molar-refractivity contribution in [1.82, 2.24) is 0 Å². The van der Waals surface area contributed by atoms with E-state index >= 15 is 0 Å². The van der Waals surface area contributed by atoms with Crippen LogP contribution in [0.25, 0.3) is 11.1 Å². The van der Waals surface area contributed by atoms with Crippen LogP contribution in [0.1, 0.15) is 5.56 Å². The molecule has 2 aromatic carbocycles. The Labute approximate surface area is 121 Å². The molecule has 0 radical (unpaired) electrons. The molecule has 0 N–H and O–H groups in total. The Balaban J connectivity index is 2.99. The van der Waals surface area contributed by atoms with Crippen LogP contribution < -0.4 is 0 Å². The Morgan fingerprint density at radius 2 is 1.32 bits per heavy atom. The van der Waals surface area contributed by atoms with Crippen LogP contribution in [0.3, 0.4) is 0 Å². The Morgan fingerprint density at radius 1 is 0.864 bits per heavy atom. The molecule has 0 bridgehead atoms. The average molecular weight is 337 g/mol. The van der Waals surface area contributed by atoms with Crippen molar-refractivity contribution in [3.05, 3.63) is 52.8 Å². The Kier molecular flexibility index (Phi) is 3.96. The molecule has 2 aromatic rings. The number of hydrogen-bond acceptors (Lipinski definition) is 3. The minimum absolute atomic E-state index is 0.256. The molecule has 9 heteroatoms. The van der Waals surface area contributed by atoms with E-state index in [1.165, 1.54) is 6.92 Å². The SMILES string of the molecule is Cc1ccc(S(=O)(=O)[O-])c(-c2c(F)c(F)c(F)c(F)c2F)c1. The number of aryl methyl sites for hydroxylation is 1. The molecule has 0 heterocycles. The normalized spacial score (nSPS) is 11.8. The summed E-state index contributed by atoms with van der Waals surface area (Å²) in [5, 5.41) is 0. The first-order chi connectivity index (χ1) is 10.1. The second-order valence-corrected chi connectivity index (χ2v) is 5.75. The lowest BCUT2D eigenvalue weighted by Gasteiger charge is -2.16. The standard InChI is InChI=1S/C13H7F5O3S/c1-5-2-3-7(22(19,20)21)6(4-5)8-9(14)11(16)13(18)12(17)10(8)15/h2-4H,1H3,(H,19,20,21)/p-1. The topological polar surface area (TPSA) is 57.2 Å². The molecule has 0 fully saturated rings. The summed E-state index contributed by atoms with van der Waals surface area (Å²) >= 11 is 0. The van der Waals surface area contributed by atoms with Crippen LogP contribution in [0.4, 0.5) is 22.0 Å². The van der Waals surface area contributed by atoms with Gasteiger partial charge in [0.25, 0.3) is 0 Å². The highest BCUT2D eigenvalue weighted by atomic mass is 32.2. The maximum Gasteiger partial charge on any atom is 0.200 e. The van der Waals surface area contributed by atoms with Gasteiger partial charge in [0, 0.05) is 5.56 Å². The van der Waals surface area contributed by atoms with Crippen LogP contribution in [0.2, 0.25) is 0 Å². The zero-order valence-electron chi connectivity index (χ0n) is 10.8. The minimum Gasteiger partial charge on any atom is -0.744 e. The van der Waals surface area contributed by atoms with Crippen molar-refractivity contribution in [2.75, 3.05) is 0 Å². The van der Waals surface area contributed by atoms with Crippen LogP contribution in [0.5, 0.6) is 0 Å². The van der Waals surface area contributed by atoms with Gasteiger partial charge in [-0.1, -0.05) is 11.6 Å². The molecule has 0 aliphatic carbocycles. The largest absolute Gasteiger partial charge is 0.744 e. The predicted molar refractivity (Wildman–Crippen MR) is 64.4 cm³/mol. The van der Waals surface area contributed by atoms with E-state index in [1.807, 2.05) is 0 Å². The maximum absolute atomic E-state index is 13.8. The third kappa shape index (κ3) is 2.57. The van der Waals surface area contributed by atoms with Crippen LogP contribution >= 0.6 is 0 Å². The van der Waals surface area contributed by atoms with Crippen LogP contribution in [-0.2, 0) is 10.1 Å². The summed E-state index contributed by atoms with van der Waals surface area (Å²) in [5.74, 6) is -11.3. The minimum atomic E-state index is -5.19. The van der Waals surface area contributed by atoms with Gasteiger partial charge in [0.05, 0.1) is 10.5 Å². The number of benzene rings is 2. The zero-order valence-corrected chi connectivity index (χ0v) is 11.6. The number of halogens is 5. The van der Waals surface area contributed by atoms with Crippen molar-refractivity contribution >= 4 is 10.1 Å². The highest BCUT2D eigenvalue weighted by molar-refractivity contribution is 7.85. The fourth-order valence-electron chi connectivity index (χ4n) is 1.90. The van der Waals surface area contributed by atoms with E-state index < -0.39 is 55.2 Å². The maximum atomic E-state index is 13.8. The first-order valence-electron chi connectivity index (χ1n) is 5.64. The van der Waals surface area contributed by atoms with E-state index in [1.54, 1.807) is 0 Å². The van der Waals surface area contributed by atoms with Gasteiger partial charge in [-0.15, -0.1) is 0 Å². The second-order valence-electron chi connectivity index (χ2n) is 4.40. The van der Waals surface area contributed by atoms with Gasteiger partial charge in [-0.25, -0.2) is 30.4 Å². The molecule has 0 aliphatic heterocycles. The molecular weight excluding hydrogens is 331 g/mol. The van der Waals surface area contributed by atoms with Crippen molar-refractivity contribution < 1.29 is 34.9 Å². The van der Waals surface area contributed by atoms with E-state index in [0.717, 1.165) is 18.2 Å². The summed E-state index contributed by atoms with van der Waals surface area (Å²) in [7, 11) is -5.19.